The van der Waals surface area contributed by atoms with E-state index in [1.54, 1.807) is 19.4 Å². The average Bonchev–Trinajstić information content (AvgIpc) is 2.89. The number of rotatable bonds is 8. The standard InChI is InChI=1S/C13H18N2O4/c1-2-18-12(16)5-6-13(17)19-10-4-3-8-15-9-7-14-11-15/h5-7,9,11H,2-4,8,10H2,1H3/b6-5+. The van der Waals surface area contributed by atoms with Gasteiger partial charge in [-0.05, 0) is 19.8 Å². The number of nitrogens with zero attached hydrogens (tertiary/aromatic N) is 2. The Morgan fingerprint density at radius 1 is 1.21 bits per heavy atom. The van der Waals surface area contributed by atoms with Gasteiger partial charge in [-0.25, -0.2) is 14.6 Å². The largest absolute Gasteiger partial charge is 0.463 e. The van der Waals surface area contributed by atoms with E-state index >= 15 is 0 Å². The van der Waals surface area contributed by atoms with Crippen LogP contribution in [-0.2, 0) is 25.6 Å². The molecule has 0 amide bonds. The topological polar surface area (TPSA) is 70.4 Å². The van der Waals surface area contributed by atoms with Crippen LogP contribution in [0.25, 0.3) is 0 Å². The van der Waals surface area contributed by atoms with E-state index in [0.29, 0.717) is 6.61 Å². The molecule has 0 N–H and O–H groups in total. The van der Waals surface area contributed by atoms with Gasteiger partial charge in [-0.1, -0.05) is 0 Å². The highest BCUT2D eigenvalue weighted by Gasteiger charge is 2.00. The molecule has 19 heavy (non-hydrogen) atoms. The molecule has 0 spiro atoms. The Hall–Kier alpha value is -2.11. The Bertz CT molecular complexity index is 412. The van der Waals surface area contributed by atoms with E-state index in [-0.39, 0.29) is 6.61 Å². The average molecular weight is 266 g/mol. The third kappa shape index (κ3) is 7.03. The normalized spacial score (nSPS) is 10.6. The molecule has 6 heteroatoms. The van der Waals surface area contributed by atoms with Crippen molar-refractivity contribution in [3.05, 3.63) is 30.9 Å². The summed E-state index contributed by atoms with van der Waals surface area (Å²) in [6.45, 7) is 3.16. The highest BCUT2D eigenvalue weighted by Crippen LogP contribution is 1.96. The third-order valence-electron chi connectivity index (χ3n) is 2.26. The summed E-state index contributed by atoms with van der Waals surface area (Å²) in [5.74, 6) is -1.07. The fourth-order valence-corrected chi connectivity index (χ4v) is 1.36. The van der Waals surface area contributed by atoms with Crippen molar-refractivity contribution in [1.82, 2.24) is 9.55 Å². The van der Waals surface area contributed by atoms with Gasteiger partial charge in [-0.15, -0.1) is 0 Å². The lowest BCUT2D eigenvalue weighted by Gasteiger charge is -2.03. The molecule has 0 aliphatic rings. The van der Waals surface area contributed by atoms with Gasteiger partial charge < -0.3 is 14.0 Å². The van der Waals surface area contributed by atoms with Crippen molar-refractivity contribution in [2.75, 3.05) is 13.2 Å². The van der Waals surface area contributed by atoms with Crippen molar-refractivity contribution in [3.8, 4) is 0 Å². The zero-order valence-electron chi connectivity index (χ0n) is 10.9. The van der Waals surface area contributed by atoms with Gasteiger partial charge >= 0.3 is 11.9 Å². The van der Waals surface area contributed by atoms with E-state index in [0.717, 1.165) is 31.5 Å². The van der Waals surface area contributed by atoms with Crippen LogP contribution in [0.5, 0.6) is 0 Å². The number of aromatic nitrogens is 2. The molecule has 0 saturated carbocycles. The Morgan fingerprint density at radius 2 is 1.95 bits per heavy atom. The molecule has 0 aromatic carbocycles. The van der Waals surface area contributed by atoms with Crippen molar-refractivity contribution in [2.24, 2.45) is 0 Å². The Kier molecular flexibility index (Phi) is 7.01. The van der Waals surface area contributed by atoms with E-state index in [2.05, 4.69) is 9.72 Å². The molecule has 0 aliphatic carbocycles. The highest BCUT2D eigenvalue weighted by atomic mass is 16.5. The minimum Gasteiger partial charge on any atom is -0.463 e. The van der Waals surface area contributed by atoms with Gasteiger partial charge in [0.05, 0.1) is 19.5 Å². The maximum atomic E-state index is 11.2. The predicted molar refractivity (Wildman–Crippen MR) is 68.2 cm³/mol. The number of ether oxygens (including phenoxy) is 2. The summed E-state index contributed by atoms with van der Waals surface area (Å²) in [7, 11) is 0. The van der Waals surface area contributed by atoms with Gasteiger partial charge in [0.2, 0.25) is 0 Å². The zero-order valence-corrected chi connectivity index (χ0v) is 10.9. The smallest absolute Gasteiger partial charge is 0.331 e. The summed E-state index contributed by atoms with van der Waals surface area (Å²) >= 11 is 0. The first-order valence-electron chi connectivity index (χ1n) is 6.19. The number of aryl methyl sites for hydroxylation is 1. The fraction of sp³-hybridized carbons (Fsp3) is 0.462. The van der Waals surface area contributed by atoms with Crippen LogP contribution < -0.4 is 0 Å². The summed E-state index contributed by atoms with van der Waals surface area (Å²) in [5, 5.41) is 0. The Balaban J connectivity index is 2.05. The van der Waals surface area contributed by atoms with Crippen LogP contribution in [0.1, 0.15) is 19.8 Å². The van der Waals surface area contributed by atoms with Crippen LogP contribution in [0.4, 0.5) is 0 Å². The first-order valence-corrected chi connectivity index (χ1v) is 6.19. The second-order valence-corrected chi connectivity index (χ2v) is 3.76. The summed E-state index contributed by atoms with van der Waals surface area (Å²) in [4.78, 5) is 26.1. The van der Waals surface area contributed by atoms with Crippen LogP contribution in [-0.4, -0.2) is 34.7 Å². The molecule has 1 heterocycles. The van der Waals surface area contributed by atoms with Crippen molar-refractivity contribution in [3.63, 3.8) is 0 Å². The lowest BCUT2D eigenvalue weighted by Crippen LogP contribution is -2.06. The van der Waals surface area contributed by atoms with E-state index in [1.807, 2.05) is 10.8 Å². The van der Waals surface area contributed by atoms with Crippen molar-refractivity contribution in [2.45, 2.75) is 26.3 Å². The maximum absolute atomic E-state index is 11.2. The van der Waals surface area contributed by atoms with E-state index in [1.165, 1.54) is 0 Å². The Morgan fingerprint density at radius 3 is 2.58 bits per heavy atom. The summed E-state index contributed by atoms with van der Waals surface area (Å²) in [6.07, 6.45) is 9.15. The molecule has 0 aliphatic heterocycles. The number of unbranched alkanes of at least 4 members (excludes halogenated alkanes) is 1. The number of hydrogen-bond donors (Lipinski definition) is 0. The lowest BCUT2D eigenvalue weighted by atomic mass is 10.3. The first kappa shape index (κ1) is 14.9. The summed E-state index contributed by atoms with van der Waals surface area (Å²) in [6, 6.07) is 0. The molecule has 0 unspecified atom stereocenters. The molecule has 0 atom stereocenters. The van der Waals surface area contributed by atoms with Crippen LogP contribution in [0, 0.1) is 0 Å². The third-order valence-corrected chi connectivity index (χ3v) is 2.26. The van der Waals surface area contributed by atoms with Gasteiger partial charge in [0, 0.05) is 31.1 Å². The monoisotopic (exact) mass is 266 g/mol. The SMILES string of the molecule is CCOC(=O)/C=C/C(=O)OCCCCn1ccnc1. The molecule has 0 fully saturated rings. The van der Waals surface area contributed by atoms with Crippen LogP contribution in [0.2, 0.25) is 0 Å². The van der Waals surface area contributed by atoms with Crippen LogP contribution in [0.3, 0.4) is 0 Å². The zero-order chi connectivity index (χ0) is 13.9. The van der Waals surface area contributed by atoms with Crippen molar-refractivity contribution in [1.29, 1.82) is 0 Å². The number of carbonyl (C=O) groups excluding carboxylic acids is 2. The molecular formula is C13H18N2O4. The van der Waals surface area contributed by atoms with Gasteiger partial charge in [0.1, 0.15) is 0 Å². The Labute approximate surface area is 112 Å². The number of carbonyl (C=O) groups is 2. The summed E-state index contributed by atoms with van der Waals surface area (Å²) in [5.41, 5.74) is 0. The minimum atomic E-state index is -0.542. The molecule has 6 nitrogen and oxygen atoms in total. The van der Waals surface area contributed by atoms with Gasteiger partial charge in [0.15, 0.2) is 0 Å². The second kappa shape index (κ2) is 8.91. The number of esters is 2. The summed E-state index contributed by atoms with van der Waals surface area (Å²) < 4.78 is 11.5. The molecule has 0 bridgehead atoms. The first-order chi connectivity index (χ1) is 9.22. The number of hydrogen-bond acceptors (Lipinski definition) is 5. The van der Waals surface area contributed by atoms with Gasteiger partial charge in [-0.3, -0.25) is 0 Å². The van der Waals surface area contributed by atoms with E-state index in [9.17, 15) is 9.59 Å². The van der Waals surface area contributed by atoms with E-state index < -0.39 is 11.9 Å². The number of imidazole rings is 1. The lowest BCUT2D eigenvalue weighted by molar-refractivity contribution is -0.140. The quantitative estimate of drug-likeness (QED) is 0.403. The van der Waals surface area contributed by atoms with Crippen LogP contribution in [0.15, 0.2) is 30.9 Å². The van der Waals surface area contributed by atoms with Gasteiger partial charge in [-0.2, -0.15) is 0 Å². The predicted octanol–water partition coefficient (Wildman–Crippen LogP) is 1.33. The molecule has 1 aromatic heterocycles. The fourth-order valence-electron chi connectivity index (χ4n) is 1.36. The second-order valence-electron chi connectivity index (χ2n) is 3.76. The molecule has 1 aromatic rings. The van der Waals surface area contributed by atoms with Crippen LogP contribution >= 0.6 is 0 Å². The molecule has 104 valence electrons. The van der Waals surface area contributed by atoms with Gasteiger partial charge in [0.25, 0.3) is 0 Å². The molecule has 0 radical (unpaired) electrons. The van der Waals surface area contributed by atoms with Crippen molar-refractivity contribution < 1.29 is 19.1 Å². The van der Waals surface area contributed by atoms with Crippen molar-refractivity contribution >= 4 is 11.9 Å². The molecule has 1 rings (SSSR count). The van der Waals surface area contributed by atoms with E-state index in [4.69, 9.17) is 4.74 Å². The highest BCUT2D eigenvalue weighted by molar-refractivity contribution is 5.91. The molecular weight excluding hydrogens is 248 g/mol. The maximum Gasteiger partial charge on any atom is 0.331 e. The minimum absolute atomic E-state index is 0.284. The molecule has 0 saturated heterocycles.